The minimum absolute atomic E-state index is 0.0964. The van der Waals surface area contributed by atoms with Crippen LogP contribution in [0.3, 0.4) is 0 Å². The van der Waals surface area contributed by atoms with E-state index in [0.29, 0.717) is 29.7 Å². The maximum Gasteiger partial charge on any atom is 0.222 e. The highest BCUT2D eigenvalue weighted by molar-refractivity contribution is 6.30. The Balaban J connectivity index is 2.00. The van der Waals surface area contributed by atoms with Crippen LogP contribution in [0.5, 0.6) is 11.6 Å². The Bertz CT molecular complexity index is 520. The monoisotopic (exact) mass is 279 g/mol. The fourth-order valence-electron chi connectivity index (χ4n) is 1.45. The number of hydrogen-bond donors (Lipinski definition) is 2. The van der Waals surface area contributed by atoms with E-state index in [9.17, 15) is 0 Å². The number of nitrogens with zero attached hydrogens (tertiary/aromatic N) is 2. The van der Waals surface area contributed by atoms with Crippen LogP contribution in [0.25, 0.3) is 0 Å². The van der Waals surface area contributed by atoms with Gasteiger partial charge in [0.1, 0.15) is 12.1 Å². The first-order valence-electron chi connectivity index (χ1n) is 5.84. The van der Waals surface area contributed by atoms with Crippen molar-refractivity contribution in [3.63, 3.8) is 0 Å². The molecule has 19 heavy (non-hydrogen) atoms. The summed E-state index contributed by atoms with van der Waals surface area (Å²) in [6, 6.07) is 8.80. The van der Waals surface area contributed by atoms with Crippen molar-refractivity contribution in [3.05, 3.63) is 47.4 Å². The molecule has 2 rings (SSSR count). The fraction of sp³-hybridized carbons (Fsp3) is 0.231. The zero-order valence-corrected chi connectivity index (χ0v) is 11.0. The highest BCUT2D eigenvalue weighted by atomic mass is 35.5. The molecular formula is C13H14ClN3O2. The average Bonchev–Trinajstić information content (AvgIpc) is 2.42. The molecule has 5 nitrogen and oxygen atoms in total. The largest absolute Gasteiger partial charge is 0.439 e. The molecule has 1 aromatic carbocycles. The first kappa shape index (κ1) is 13.7. The van der Waals surface area contributed by atoms with Crippen LogP contribution >= 0.6 is 11.6 Å². The molecule has 0 aliphatic rings. The molecule has 0 bridgehead atoms. The predicted molar refractivity (Wildman–Crippen MR) is 72.4 cm³/mol. The molecule has 0 aliphatic carbocycles. The number of hydrogen-bond acceptors (Lipinski definition) is 5. The van der Waals surface area contributed by atoms with Crippen LogP contribution in [0.15, 0.2) is 36.7 Å². The summed E-state index contributed by atoms with van der Waals surface area (Å²) in [5.41, 5.74) is 0.799. The van der Waals surface area contributed by atoms with Gasteiger partial charge in [0.25, 0.3) is 0 Å². The van der Waals surface area contributed by atoms with Crippen LogP contribution in [0.4, 0.5) is 0 Å². The molecule has 0 aliphatic heterocycles. The van der Waals surface area contributed by atoms with Gasteiger partial charge in [0.15, 0.2) is 0 Å². The molecule has 0 unspecified atom stereocenters. The molecule has 2 aromatic rings. The quantitative estimate of drug-likeness (QED) is 0.792. The Kier molecular flexibility index (Phi) is 5.09. The smallest absolute Gasteiger partial charge is 0.222 e. The number of ether oxygens (including phenoxy) is 1. The molecule has 0 atom stereocenters. The van der Waals surface area contributed by atoms with Gasteiger partial charge in [-0.05, 0) is 24.3 Å². The molecule has 0 amide bonds. The van der Waals surface area contributed by atoms with Crippen molar-refractivity contribution in [2.24, 2.45) is 0 Å². The number of rotatable bonds is 6. The fourth-order valence-corrected chi connectivity index (χ4v) is 1.57. The lowest BCUT2D eigenvalue weighted by Gasteiger charge is -2.06. The summed E-state index contributed by atoms with van der Waals surface area (Å²) in [7, 11) is 0. The Morgan fingerprint density at radius 3 is 2.74 bits per heavy atom. The standard InChI is InChI=1S/C13H14ClN3O2/c14-10-1-3-12(4-2-10)19-13-7-11(16-9-17-13)8-15-5-6-18/h1-4,7,9,15,18H,5-6,8H2. The molecule has 0 fully saturated rings. The lowest BCUT2D eigenvalue weighted by Crippen LogP contribution is -2.18. The van der Waals surface area contributed by atoms with Gasteiger partial charge in [-0.3, -0.25) is 0 Å². The van der Waals surface area contributed by atoms with E-state index in [1.807, 2.05) is 0 Å². The number of benzene rings is 1. The molecule has 0 spiro atoms. The minimum Gasteiger partial charge on any atom is -0.439 e. The van der Waals surface area contributed by atoms with E-state index in [1.54, 1.807) is 30.3 Å². The zero-order chi connectivity index (χ0) is 13.5. The first-order valence-corrected chi connectivity index (χ1v) is 6.21. The van der Waals surface area contributed by atoms with Crippen molar-refractivity contribution < 1.29 is 9.84 Å². The summed E-state index contributed by atoms with van der Waals surface area (Å²) in [6.07, 6.45) is 1.45. The Labute approximate surface area is 116 Å². The van der Waals surface area contributed by atoms with Crippen molar-refractivity contribution in [2.45, 2.75) is 6.54 Å². The molecule has 100 valence electrons. The first-order chi connectivity index (χ1) is 9.28. The van der Waals surface area contributed by atoms with Gasteiger partial charge >= 0.3 is 0 Å². The third-order valence-corrected chi connectivity index (χ3v) is 2.58. The summed E-state index contributed by atoms with van der Waals surface area (Å²) in [5, 5.41) is 12.4. The summed E-state index contributed by atoms with van der Waals surface area (Å²) in [4.78, 5) is 8.15. The van der Waals surface area contributed by atoms with Crippen molar-refractivity contribution >= 4 is 11.6 Å². The van der Waals surface area contributed by atoms with E-state index in [4.69, 9.17) is 21.4 Å². The second kappa shape index (κ2) is 7.04. The van der Waals surface area contributed by atoms with Crippen LogP contribution in [-0.2, 0) is 6.54 Å². The topological polar surface area (TPSA) is 67.3 Å². The number of halogens is 1. The summed E-state index contributed by atoms with van der Waals surface area (Å²) in [6.45, 7) is 1.18. The Morgan fingerprint density at radius 1 is 1.21 bits per heavy atom. The Hall–Kier alpha value is -1.69. The zero-order valence-electron chi connectivity index (χ0n) is 10.2. The van der Waals surface area contributed by atoms with E-state index < -0.39 is 0 Å². The summed E-state index contributed by atoms with van der Waals surface area (Å²) in [5.74, 6) is 1.13. The number of nitrogens with one attached hydrogen (secondary N) is 1. The molecule has 6 heteroatoms. The molecule has 2 N–H and O–H groups in total. The van der Waals surface area contributed by atoms with E-state index in [1.165, 1.54) is 6.33 Å². The maximum absolute atomic E-state index is 8.69. The van der Waals surface area contributed by atoms with Crippen molar-refractivity contribution in [2.75, 3.05) is 13.2 Å². The predicted octanol–water partition coefficient (Wildman–Crippen LogP) is 2.00. The van der Waals surface area contributed by atoms with Crippen molar-refractivity contribution in [3.8, 4) is 11.6 Å². The van der Waals surface area contributed by atoms with Gasteiger partial charge in [0.2, 0.25) is 5.88 Å². The average molecular weight is 280 g/mol. The molecule has 0 radical (unpaired) electrons. The summed E-state index contributed by atoms with van der Waals surface area (Å²) < 4.78 is 5.59. The molecule has 1 heterocycles. The van der Waals surface area contributed by atoms with Gasteiger partial charge in [-0.2, -0.15) is 0 Å². The van der Waals surface area contributed by atoms with Crippen molar-refractivity contribution in [1.82, 2.24) is 15.3 Å². The molecule has 0 saturated heterocycles. The summed E-state index contributed by atoms with van der Waals surface area (Å²) >= 11 is 5.80. The van der Waals surface area contributed by atoms with E-state index in [2.05, 4.69) is 15.3 Å². The van der Waals surface area contributed by atoms with Gasteiger partial charge in [0.05, 0.1) is 12.3 Å². The Morgan fingerprint density at radius 2 is 2.00 bits per heavy atom. The van der Waals surface area contributed by atoms with Crippen LogP contribution in [0.1, 0.15) is 5.69 Å². The normalized spacial score (nSPS) is 10.4. The van der Waals surface area contributed by atoms with Gasteiger partial charge < -0.3 is 15.2 Å². The van der Waals surface area contributed by atoms with E-state index in [0.717, 1.165) is 5.69 Å². The minimum atomic E-state index is 0.0964. The third-order valence-electron chi connectivity index (χ3n) is 2.33. The van der Waals surface area contributed by atoms with Gasteiger partial charge in [-0.1, -0.05) is 11.6 Å². The maximum atomic E-state index is 8.69. The highest BCUT2D eigenvalue weighted by Crippen LogP contribution is 2.21. The molecular weight excluding hydrogens is 266 g/mol. The lowest BCUT2D eigenvalue weighted by atomic mass is 10.3. The second-order valence-electron chi connectivity index (χ2n) is 3.80. The van der Waals surface area contributed by atoms with E-state index in [-0.39, 0.29) is 6.61 Å². The lowest BCUT2D eigenvalue weighted by molar-refractivity contribution is 0.291. The van der Waals surface area contributed by atoms with Crippen LogP contribution < -0.4 is 10.1 Å². The van der Waals surface area contributed by atoms with Crippen LogP contribution in [-0.4, -0.2) is 28.2 Å². The molecule has 0 saturated carbocycles. The third kappa shape index (κ3) is 4.48. The number of aliphatic hydroxyl groups is 1. The van der Waals surface area contributed by atoms with Crippen LogP contribution in [0.2, 0.25) is 5.02 Å². The number of aliphatic hydroxyl groups excluding tert-OH is 1. The second-order valence-corrected chi connectivity index (χ2v) is 4.24. The van der Waals surface area contributed by atoms with Gasteiger partial charge in [0, 0.05) is 24.2 Å². The highest BCUT2D eigenvalue weighted by Gasteiger charge is 2.01. The van der Waals surface area contributed by atoms with Crippen molar-refractivity contribution in [1.29, 1.82) is 0 Å². The van der Waals surface area contributed by atoms with Gasteiger partial charge in [-0.25, -0.2) is 9.97 Å². The number of aromatic nitrogens is 2. The van der Waals surface area contributed by atoms with E-state index >= 15 is 0 Å². The van der Waals surface area contributed by atoms with Crippen LogP contribution in [0, 0.1) is 0 Å². The SMILES string of the molecule is OCCNCc1cc(Oc2ccc(Cl)cc2)ncn1. The van der Waals surface area contributed by atoms with Gasteiger partial charge in [-0.15, -0.1) is 0 Å². The molecule has 1 aromatic heterocycles.